The first-order valence-electron chi connectivity index (χ1n) is 9.69. The highest BCUT2D eigenvalue weighted by atomic mass is 32.2. The van der Waals surface area contributed by atoms with Gasteiger partial charge < -0.3 is 10.6 Å². The zero-order chi connectivity index (χ0) is 22.6. The van der Waals surface area contributed by atoms with E-state index >= 15 is 0 Å². The van der Waals surface area contributed by atoms with E-state index in [9.17, 15) is 22.8 Å². The second kappa shape index (κ2) is 9.62. The number of rotatable bonds is 6. The van der Waals surface area contributed by atoms with Gasteiger partial charge >= 0.3 is 0 Å². The Morgan fingerprint density at radius 1 is 1.23 bits per heavy atom. The van der Waals surface area contributed by atoms with E-state index in [1.165, 1.54) is 23.7 Å². The van der Waals surface area contributed by atoms with Crippen molar-refractivity contribution in [2.24, 2.45) is 5.92 Å². The van der Waals surface area contributed by atoms with Gasteiger partial charge in [-0.3, -0.25) is 14.4 Å². The van der Waals surface area contributed by atoms with Crippen LogP contribution in [0.3, 0.4) is 0 Å². The van der Waals surface area contributed by atoms with Crippen LogP contribution in [-0.2, 0) is 37.4 Å². The second-order valence-corrected chi connectivity index (χ2v) is 10.00. The van der Waals surface area contributed by atoms with Crippen LogP contribution in [0.25, 0.3) is 0 Å². The van der Waals surface area contributed by atoms with E-state index < -0.39 is 45.6 Å². The topological polar surface area (TPSA) is 147 Å². The van der Waals surface area contributed by atoms with Gasteiger partial charge in [0.25, 0.3) is 5.91 Å². The number of hydrogen-bond donors (Lipinski definition) is 3. The fourth-order valence-electron chi connectivity index (χ4n) is 3.09. The molecule has 0 saturated heterocycles. The number of fused-ring (bicyclic) bond motifs is 1. The van der Waals surface area contributed by atoms with Gasteiger partial charge in [-0.1, -0.05) is 36.5 Å². The number of carbonyl (C=O) groups excluding carboxylic acids is 3. The molecule has 3 N–H and O–H groups in total. The summed E-state index contributed by atoms with van der Waals surface area (Å²) in [6.07, 6.45) is 0.575. The van der Waals surface area contributed by atoms with E-state index in [1.54, 1.807) is 32.0 Å². The average Bonchev–Trinajstić information content (AvgIpc) is 3.20. The third-order valence-corrected chi connectivity index (χ3v) is 7.13. The molecule has 2 aromatic rings. The summed E-state index contributed by atoms with van der Waals surface area (Å²) in [5.41, 5.74) is 0.591. The number of aromatic nitrogens is 2. The molecule has 31 heavy (non-hydrogen) atoms. The fraction of sp³-hybridized carbons (Fsp3) is 0.421. The Kier molecular flexibility index (Phi) is 7.13. The smallest absolute Gasteiger partial charge is 0.289 e. The van der Waals surface area contributed by atoms with Crippen LogP contribution in [-0.4, -0.2) is 47.7 Å². The van der Waals surface area contributed by atoms with Gasteiger partial charge in [0.05, 0.1) is 28.1 Å². The minimum atomic E-state index is -3.96. The lowest BCUT2D eigenvalue weighted by atomic mass is 10.0. The van der Waals surface area contributed by atoms with Crippen molar-refractivity contribution in [2.45, 2.75) is 50.2 Å². The molecule has 0 bridgehead atoms. The van der Waals surface area contributed by atoms with Crippen LogP contribution in [0.1, 0.15) is 30.8 Å². The zero-order valence-corrected chi connectivity index (χ0v) is 18.6. The van der Waals surface area contributed by atoms with Gasteiger partial charge in [-0.25, -0.2) is 8.42 Å². The predicted molar refractivity (Wildman–Crippen MR) is 112 cm³/mol. The van der Waals surface area contributed by atoms with Gasteiger partial charge in [0.15, 0.2) is 0 Å². The Labute approximate surface area is 184 Å². The summed E-state index contributed by atoms with van der Waals surface area (Å²) >= 11 is 1.17. The lowest BCUT2D eigenvalue weighted by Crippen LogP contribution is -2.55. The molecule has 10 nitrogen and oxygen atoms in total. The van der Waals surface area contributed by atoms with Crippen LogP contribution in [0, 0.1) is 5.92 Å². The number of Topliss-reactive ketones (excluding diaryl/α,β-unsaturated/α-hetero) is 1. The molecule has 2 unspecified atom stereocenters. The highest BCUT2D eigenvalue weighted by Gasteiger charge is 2.34. The molecule has 1 aromatic carbocycles. The number of carbonyl (C=O) groups is 3. The van der Waals surface area contributed by atoms with Crippen LogP contribution >= 0.6 is 11.5 Å². The molecule has 1 aliphatic heterocycles. The minimum absolute atomic E-state index is 0.0246. The van der Waals surface area contributed by atoms with Gasteiger partial charge in [-0.2, -0.15) is 4.72 Å². The van der Waals surface area contributed by atoms with E-state index in [4.69, 9.17) is 0 Å². The molecule has 2 amide bonds. The molecule has 0 aliphatic carbocycles. The Hall–Kier alpha value is -2.70. The Bertz CT molecular complexity index is 1070. The third kappa shape index (κ3) is 5.51. The number of benzene rings is 1. The maximum Gasteiger partial charge on any atom is 0.289 e. The first kappa shape index (κ1) is 23.0. The van der Waals surface area contributed by atoms with Crippen LogP contribution in [0.4, 0.5) is 0 Å². The SMILES string of the molecule is CC(C)C(NS(=O)(=O)c1ccccc1)C(=O)NC1CCc2snnc2CNC(=O)C1=O. The van der Waals surface area contributed by atoms with Gasteiger partial charge in [-0.05, 0) is 42.4 Å². The van der Waals surface area contributed by atoms with E-state index in [-0.39, 0.29) is 17.9 Å². The summed E-state index contributed by atoms with van der Waals surface area (Å²) < 4.78 is 31.6. The second-order valence-electron chi connectivity index (χ2n) is 7.45. The van der Waals surface area contributed by atoms with Crippen molar-refractivity contribution in [1.82, 2.24) is 24.9 Å². The summed E-state index contributed by atoms with van der Waals surface area (Å²) in [4.78, 5) is 38.5. The maximum absolute atomic E-state index is 12.9. The van der Waals surface area contributed by atoms with Crippen molar-refractivity contribution in [3.63, 3.8) is 0 Å². The van der Waals surface area contributed by atoms with E-state index in [0.717, 1.165) is 4.88 Å². The van der Waals surface area contributed by atoms with Crippen molar-refractivity contribution in [3.8, 4) is 0 Å². The number of aryl methyl sites for hydroxylation is 1. The molecule has 12 heteroatoms. The third-order valence-electron chi connectivity index (χ3n) is 4.85. The van der Waals surface area contributed by atoms with E-state index in [1.807, 2.05) is 0 Å². The summed E-state index contributed by atoms with van der Waals surface area (Å²) in [5.74, 6) is -2.71. The number of ketones is 1. The quantitative estimate of drug-likeness (QED) is 0.515. The zero-order valence-electron chi connectivity index (χ0n) is 17.0. The normalized spacial score (nSPS) is 18.4. The van der Waals surface area contributed by atoms with Crippen LogP contribution in [0.5, 0.6) is 0 Å². The molecule has 0 radical (unpaired) electrons. The van der Waals surface area contributed by atoms with E-state index in [0.29, 0.717) is 12.1 Å². The molecule has 1 aromatic heterocycles. The van der Waals surface area contributed by atoms with Gasteiger partial charge in [0, 0.05) is 0 Å². The largest absolute Gasteiger partial charge is 0.344 e. The number of nitrogens with one attached hydrogen (secondary N) is 3. The molecule has 0 saturated carbocycles. The highest BCUT2D eigenvalue weighted by molar-refractivity contribution is 7.89. The van der Waals surface area contributed by atoms with Gasteiger partial charge in [0.1, 0.15) is 6.04 Å². The van der Waals surface area contributed by atoms with Crippen molar-refractivity contribution in [1.29, 1.82) is 0 Å². The van der Waals surface area contributed by atoms with Crippen molar-refractivity contribution < 1.29 is 22.8 Å². The molecule has 166 valence electrons. The first-order chi connectivity index (χ1) is 14.7. The average molecular weight is 466 g/mol. The maximum atomic E-state index is 12.9. The number of hydrogen-bond acceptors (Lipinski definition) is 8. The lowest BCUT2D eigenvalue weighted by molar-refractivity contribution is -0.140. The van der Waals surface area contributed by atoms with Gasteiger partial charge in [0.2, 0.25) is 21.7 Å². The first-order valence-corrected chi connectivity index (χ1v) is 11.9. The van der Waals surface area contributed by atoms with Crippen LogP contribution < -0.4 is 15.4 Å². The number of sulfonamides is 1. The summed E-state index contributed by atoms with van der Waals surface area (Å²) in [7, 11) is -3.96. The highest BCUT2D eigenvalue weighted by Crippen LogP contribution is 2.17. The number of nitrogens with zero attached hydrogens (tertiary/aromatic N) is 2. The van der Waals surface area contributed by atoms with Crippen LogP contribution in [0.15, 0.2) is 35.2 Å². The van der Waals surface area contributed by atoms with Crippen molar-refractivity contribution in [2.75, 3.05) is 0 Å². The summed E-state index contributed by atoms with van der Waals surface area (Å²) in [6.45, 7) is 3.46. The molecule has 0 fully saturated rings. The number of amides is 2. The Morgan fingerprint density at radius 3 is 2.61 bits per heavy atom. The standard InChI is InChI=1S/C19H23N5O5S2/c1-11(2)16(23-31(28,29)12-6-4-3-5-7-12)18(26)21-13-8-9-15-14(22-24-30-15)10-20-19(27)17(13)25/h3-7,11,13,16,23H,8-10H2,1-2H3,(H,20,27)(H,21,26). The van der Waals surface area contributed by atoms with Crippen molar-refractivity contribution in [3.05, 3.63) is 40.9 Å². The van der Waals surface area contributed by atoms with Crippen LogP contribution in [0.2, 0.25) is 0 Å². The molecule has 2 atom stereocenters. The monoisotopic (exact) mass is 465 g/mol. The predicted octanol–water partition coefficient (Wildman–Crippen LogP) is 0.158. The lowest BCUT2D eigenvalue weighted by Gasteiger charge is -2.24. The molecular formula is C19H23N5O5S2. The fourth-order valence-corrected chi connectivity index (χ4v) is 5.12. The van der Waals surface area contributed by atoms with Crippen molar-refractivity contribution >= 4 is 39.2 Å². The molecule has 3 rings (SSSR count). The molecule has 0 spiro atoms. The Balaban J connectivity index is 1.77. The molecule has 2 heterocycles. The summed E-state index contributed by atoms with van der Waals surface area (Å²) in [6, 6.07) is 5.46. The van der Waals surface area contributed by atoms with E-state index in [2.05, 4.69) is 24.9 Å². The van der Waals surface area contributed by atoms with Gasteiger partial charge in [-0.15, -0.1) is 5.10 Å². The summed E-state index contributed by atoms with van der Waals surface area (Å²) in [5, 5.41) is 8.99. The minimum Gasteiger partial charge on any atom is -0.344 e. The molecule has 1 aliphatic rings. The molecular weight excluding hydrogens is 442 g/mol. The Morgan fingerprint density at radius 2 is 1.94 bits per heavy atom.